The van der Waals surface area contributed by atoms with Crippen LogP contribution in [0.2, 0.25) is 0 Å². The van der Waals surface area contributed by atoms with Crippen molar-refractivity contribution in [2.75, 3.05) is 25.0 Å². The van der Waals surface area contributed by atoms with Crippen molar-refractivity contribution < 1.29 is 32.2 Å². The second kappa shape index (κ2) is 12.8. The number of anilines is 1. The number of nitrogens with zero attached hydrogens (tertiary/aromatic N) is 4. The van der Waals surface area contributed by atoms with Crippen molar-refractivity contribution in [3.05, 3.63) is 78.5 Å². The van der Waals surface area contributed by atoms with Crippen LogP contribution < -0.4 is 23.7 Å². The van der Waals surface area contributed by atoms with E-state index < -0.39 is 10.0 Å². The number of methoxy groups -OCH3 is 1. The summed E-state index contributed by atoms with van der Waals surface area (Å²) in [6, 6.07) is 11.8. The number of carbonyl (C=O) groups is 1. The zero-order chi connectivity index (χ0) is 30.3. The number of carbonyl (C=O) groups excluding carboxylic acids is 1. The van der Waals surface area contributed by atoms with Gasteiger partial charge in [0.05, 0.1) is 18.9 Å². The zero-order valence-corrected chi connectivity index (χ0v) is 24.6. The molecule has 220 valence electrons. The van der Waals surface area contributed by atoms with Crippen LogP contribution in [0.15, 0.2) is 72.3 Å². The van der Waals surface area contributed by atoms with Gasteiger partial charge in [-0.15, -0.1) is 0 Å². The minimum atomic E-state index is -4.20. The van der Waals surface area contributed by atoms with E-state index in [9.17, 15) is 13.2 Å². The Balaban J connectivity index is 1.54. The van der Waals surface area contributed by atoms with Crippen molar-refractivity contribution in [1.82, 2.24) is 19.9 Å². The first-order valence-corrected chi connectivity index (χ1v) is 14.3. The Bertz CT molecular complexity index is 1660. The molecule has 0 saturated carbocycles. The van der Waals surface area contributed by atoms with E-state index in [-0.39, 0.29) is 52.6 Å². The molecule has 0 unspecified atom stereocenters. The molecule has 0 aliphatic rings. The Hall–Kier alpha value is -4.78. The second-order valence-electron chi connectivity index (χ2n) is 10.0. The summed E-state index contributed by atoms with van der Waals surface area (Å²) in [4.78, 5) is 27.3. The van der Waals surface area contributed by atoms with Crippen LogP contribution in [-0.2, 0) is 15.4 Å². The third-order valence-electron chi connectivity index (χ3n) is 5.88. The van der Waals surface area contributed by atoms with Gasteiger partial charge in [0.15, 0.2) is 17.4 Å². The number of hydrogen-bond acceptors (Lipinski definition) is 11. The van der Waals surface area contributed by atoms with E-state index in [0.29, 0.717) is 17.1 Å². The summed E-state index contributed by atoms with van der Waals surface area (Å²) in [5.74, 6) is 0.960. The molecule has 13 heteroatoms. The van der Waals surface area contributed by atoms with Crippen molar-refractivity contribution in [2.24, 2.45) is 0 Å². The first kappa shape index (κ1) is 30.2. The van der Waals surface area contributed by atoms with Crippen LogP contribution in [0.1, 0.15) is 43.6 Å². The molecule has 0 aliphatic carbocycles. The minimum Gasteiger partial charge on any atom is -0.497 e. The number of nitrogens with one attached hydrogen (secondary N) is 1. The molecule has 0 fully saturated rings. The van der Waals surface area contributed by atoms with Crippen LogP contribution in [0.4, 0.5) is 5.82 Å². The molecule has 0 aliphatic heterocycles. The number of hydrogen-bond donors (Lipinski definition) is 1. The fraction of sp³-hybridized carbons (Fsp3) is 0.276. The van der Waals surface area contributed by atoms with Crippen molar-refractivity contribution in [3.8, 4) is 29.0 Å². The number of aromatic nitrogens is 4. The molecule has 0 bridgehead atoms. The van der Waals surface area contributed by atoms with Crippen LogP contribution in [-0.4, -0.2) is 54.5 Å². The van der Waals surface area contributed by atoms with E-state index in [1.165, 1.54) is 45.0 Å². The highest BCUT2D eigenvalue weighted by atomic mass is 32.2. The lowest BCUT2D eigenvalue weighted by Crippen LogP contribution is -2.19. The third kappa shape index (κ3) is 7.69. The molecule has 1 N–H and O–H groups in total. The van der Waals surface area contributed by atoms with Gasteiger partial charge >= 0.3 is 6.01 Å². The second-order valence-corrected chi connectivity index (χ2v) is 11.7. The fourth-order valence-corrected chi connectivity index (χ4v) is 4.76. The topological polar surface area (TPSA) is 152 Å². The minimum absolute atomic E-state index is 0.00829. The molecule has 0 amide bonds. The molecule has 2 aromatic heterocycles. The molecule has 4 aromatic rings. The highest BCUT2D eigenvalue weighted by molar-refractivity contribution is 7.92. The molecule has 0 radical (unpaired) electrons. The number of rotatable bonds is 12. The number of benzene rings is 2. The first-order chi connectivity index (χ1) is 20.0. The van der Waals surface area contributed by atoms with E-state index >= 15 is 0 Å². The largest absolute Gasteiger partial charge is 0.497 e. The summed E-state index contributed by atoms with van der Waals surface area (Å²) in [7, 11) is -2.67. The van der Waals surface area contributed by atoms with Crippen LogP contribution in [0, 0.1) is 0 Å². The van der Waals surface area contributed by atoms with E-state index in [1.54, 1.807) is 36.4 Å². The number of Topliss-reactive ketones (excluding diaryl/α,β-unsaturated/α-hetero) is 1. The molecule has 0 saturated heterocycles. The lowest BCUT2D eigenvalue weighted by Gasteiger charge is -2.22. The Morgan fingerprint density at radius 3 is 2.31 bits per heavy atom. The average Bonchev–Trinajstić information content (AvgIpc) is 2.96. The van der Waals surface area contributed by atoms with Gasteiger partial charge in [-0.25, -0.2) is 28.4 Å². The smallest absolute Gasteiger partial charge is 0.316 e. The van der Waals surface area contributed by atoms with Gasteiger partial charge in [0, 0.05) is 18.5 Å². The van der Waals surface area contributed by atoms with Crippen molar-refractivity contribution in [3.63, 3.8) is 0 Å². The maximum atomic E-state index is 13.6. The molecule has 2 aromatic carbocycles. The maximum Gasteiger partial charge on any atom is 0.316 e. The molecule has 4 rings (SSSR count). The Morgan fingerprint density at radius 2 is 1.62 bits per heavy atom. The summed E-state index contributed by atoms with van der Waals surface area (Å²) in [5.41, 5.74) is 0.950. The van der Waals surface area contributed by atoms with Crippen LogP contribution >= 0.6 is 0 Å². The normalized spacial score (nSPS) is 11.5. The summed E-state index contributed by atoms with van der Waals surface area (Å²) in [5, 5.41) is 0. The summed E-state index contributed by atoms with van der Waals surface area (Å²) in [6.07, 6.45) is 5.30. The predicted molar refractivity (Wildman–Crippen MR) is 154 cm³/mol. The highest BCUT2D eigenvalue weighted by Gasteiger charge is 2.25. The quantitative estimate of drug-likeness (QED) is 0.178. The standard InChI is InChI=1S/C29H31N5O7S/c1-19(35)20-15-31-28(32-16-20)40-12-11-39-24-13-21(29(2,3)4)9-10-26(24)42(36,37)34-27-25(17-30-18-33-27)41-23-8-6-7-22(14-23)38-5/h6-10,13-18H,11-12H2,1-5H3,(H,30,33,34). The van der Waals surface area contributed by atoms with Gasteiger partial charge in [0.1, 0.15) is 41.7 Å². The molecule has 0 atom stereocenters. The molecular formula is C29H31N5O7S. The number of sulfonamides is 1. The fourth-order valence-electron chi connectivity index (χ4n) is 3.61. The van der Waals surface area contributed by atoms with Gasteiger partial charge in [-0.3, -0.25) is 9.52 Å². The Labute approximate surface area is 244 Å². The van der Waals surface area contributed by atoms with Gasteiger partial charge in [-0.1, -0.05) is 32.9 Å². The predicted octanol–water partition coefficient (Wildman–Crippen LogP) is 4.83. The summed E-state index contributed by atoms with van der Waals surface area (Å²) >= 11 is 0. The SMILES string of the molecule is COc1cccc(Oc2cncnc2NS(=O)(=O)c2ccc(C(C)(C)C)cc2OCCOc2ncc(C(C)=O)cn2)c1. The van der Waals surface area contributed by atoms with E-state index in [0.717, 1.165) is 5.56 Å². The summed E-state index contributed by atoms with van der Waals surface area (Å²) < 4.78 is 52.2. The average molecular weight is 594 g/mol. The van der Waals surface area contributed by atoms with Crippen LogP contribution in [0.5, 0.6) is 29.0 Å². The van der Waals surface area contributed by atoms with Crippen molar-refractivity contribution in [1.29, 1.82) is 0 Å². The van der Waals surface area contributed by atoms with Crippen LogP contribution in [0.25, 0.3) is 0 Å². The first-order valence-electron chi connectivity index (χ1n) is 12.8. The lowest BCUT2D eigenvalue weighted by atomic mass is 9.87. The van der Waals surface area contributed by atoms with Gasteiger partial charge in [0.2, 0.25) is 0 Å². The van der Waals surface area contributed by atoms with E-state index in [2.05, 4.69) is 24.7 Å². The van der Waals surface area contributed by atoms with Gasteiger partial charge in [0.25, 0.3) is 10.0 Å². The molecule has 42 heavy (non-hydrogen) atoms. The Kier molecular flexibility index (Phi) is 9.21. The highest BCUT2D eigenvalue weighted by Crippen LogP contribution is 2.34. The van der Waals surface area contributed by atoms with Crippen molar-refractivity contribution >= 4 is 21.6 Å². The lowest BCUT2D eigenvalue weighted by molar-refractivity contribution is 0.101. The number of ether oxygens (including phenoxy) is 4. The van der Waals surface area contributed by atoms with Gasteiger partial charge in [-0.05, 0) is 42.2 Å². The van der Waals surface area contributed by atoms with Gasteiger partial charge in [-0.2, -0.15) is 0 Å². The zero-order valence-electron chi connectivity index (χ0n) is 23.8. The van der Waals surface area contributed by atoms with Crippen molar-refractivity contribution in [2.45, 2.75) is 38.0 Å². The maximum absolute atomic E-state index is 13.6. The van der Waals surface area contributed by atoms with E-state index in [1.807, 2.05) is 20.8 Å². The van der Waals surface area contributed by atoms with Gasteiger partial charge < -0.3 is 18.9 Å². The molecule has 2 heterocycles. The third-order valence-corrected chi connectivity index (χ3v) is 7.26. The monoisotopic (exact) mass is 593 g/mol. The molecular weight excluding hydrogens is 562 g/mol. The molecule has 12 nitrogen and oxygen atoms in total. The number of ketones is 1. The summed E-state index contributed by atoms with van der Waals surface area (Å²) in [6.45, 7) is 7.45. The Morgan fingerprint density at radius 1 is 0.905 bits per heavy atom. The van der Waals surface area contributed by atoms with E-state index in [4.69, 9.17) is 18.9 Å². The molecule has 0 spiro atoms. The van der Waals surface area contributed by atoms with Crippen LogP contribution in [0.3, 0.4) is 0 Å².